The van der Waals surface area contributed by atoms with Gasteiger partial charge in [0.05, 0.1) is 25.4 Å². The Kier molecular flexibility index (Phi) is 3.39. The highest BCUT2D eigenvalue weighted by Gasteiger charge is 2.47. The van der Waals surface area contributed by atoms with Gasteiger partial charge in [0.15, 0.2) is 0 Å². The molecule has 0 radical (unpaired) electrons. The summed E-state index contributed by atoms with van der Waals surface area (Å²) in [5.74, 6) is 0. The lowest BCUT2D eigenvalue weighted by Crippen LogP contribution is -2.40. The van der Waals surface area contributed by atoms with Crippen molar-refractivity contribution in [2.45, 2.75) is 50.7 Å². The van der Waals surface area contributed by atoms with Gasteiger partial charge in [0, 0.05) is 13.2 Å². The van der Waals surface area contributed by atoms with Crippen molar-refractivity contribution in [1.82, 2.24) is 0 Å². The van der Waals surface area contributed by atoms with E-state index in [9.17, 15) is 10.2 Å². The summed E-state index contributed by atoms with van der Waals surface area (Å²) in [6.07, 6.45) is 6.78. The molecular weight excluding hydrogens is 232 g/mol. The summed E-state index contributed by atoms with van der Waals surface area (Å²) >= 11 is 0. The predicted octanol–water partition coefficient (Wildman–Crippen LogP) is 1.10. The number of rotatable bonds is 6. The van der Waals surface area contributed by atoms with E-state index in [0.29, 0.717) is 12.2 Å². The molecule has 4 nitrogen and oxygen atoms in total. The molecular formula is C14H24O4. The summed E-state index contributed by atoms with van der Waals surface area (Å²) in [6.45, 7) is 2.24. The maximum absolute atomic E-state index is 9.71. The van der Waals surface area contributed by atoms with Gasteiger partial charge >= 0.3 is 0 Å². The van der Waals surface area contributed by atoms with Crippen molar-refractivity contribution >= 4 is 0 Å². The molecule has 2 unspecified atom stereocenters. The van der Waals surface area contributed by atoms with Gasteiger partial charge in [-0.05, 0) is 49.4 Å². The Morgan fingerprint density at radius 3 is 1.33 bits per heavy atom. The van der Waals surface area contributed by atoms with Crippen LogP contribution in [-0.2, 0) is 9.47 Å². The van der Waals surface area contributed by atoms with Crippen molar-refractivity contribution in [3.8, 4) is 0 Å². The Morgan fingerprint density at radius 1 is 0.778 bits per heavy atom. The summed E-state index contributed by atoms with van der Waals surface area (Å²) in [4.78, 5) is 0. The fourth-order valence-corrected chi connectivity index (χ4v) is 3.50. The topological polar surface area (TPSA) is 65.5 Å². The molecule has 1 aliphatic carbocycles. The van der Waals surface area contributed by atoms with Crippen LogP contribution in [0.5, 0.6) is 0 Å². The Labute approximate surface area is 108 Å². The normalized spacial score (nSPS) is 47.0. The minimum absolute atomic E-state index is 0.0459. The number of aliphatic hydroxyl groups is 2. The molecule has 18 heavy (non-hydrogen) atoms. The van der Waals surface area contributed by atoms with Crippen LogP contribution < -0.4 is 0 Å². The molecule has 0 bridgehead atoms. The van der Waals surface area contributed by atoms with Crippen molar-refractivity contribution in [3.05, 3.63) is 0 Å². The van der Waals surface area contributed by atoms with Crippen LogP contribution >= 0.6 is 0 Å². The summed E-state index contributed by atoms with van der Waals surface area (Å²) in [7, 11) is 0. The zero-order chi connectivity index (χ0) is 12.6. The molecule has 3 rings (SSSR count). The Hall–Kier alpha value is -0.160. The van der Waals surface area contributed by atoms with Crippen molar-refractivity contribution in [1.29, 1.82) is 0 Å². The number of aliphatic hydroxyl groups excluding tert-OH is 2. The molecule has 4 heteroatoms. The number of ether oxygens (including phenoxy) is 2. The third-order valence-corrected chi connectivity index (χ3v) is 5.17. The second-order valence-corrected chi connectivity index (χ2v) is 6.64. The van der Waals surface area contributed by atoms with Gasteiger partial charge in [0.1, 0.15) is 0 Å². The monoisotopic (exact) mass is 256 g/mol. The van der Waals surface area contributed by atoms with Gasteiger partial charge in [0.2, 0.25) is 0 Å². The number of hydrogen-bond acceptors (Lipinski definition) is 4. The van der Waals surface area contributed by atoms with Crippen molar-refractivity contribution in [3.63, 3.8) is 0 Å². The zero-order valence-corrected chi connectivity index (χ0v) is 10.9. The number of hydrogen-bond donors (Lipinski definition) is 2. The molecule has 2 saturated heterocycles. The summed E-state index contributed by atoms with van der Waals surface area (Å²) in [5.41, 5.74) is 0.0918. The van der Waals surface area contributed by atoms with E-state index in [1.54, 1.807) is 0 Å². The molecule has 104 valence electrons. The van der Waals surface area contributed by atoms with E-state index in [-0.39, 0.29) is 24.0 Å². The SMILES string of the molecule is OCC1(CC2CO2)CCC(CO)(CC2CO2)CC1. The second kappa shape index (κ2) is 4.75. The van der Waals surface area contributed by atoms with Gasteiger partial charge in [-0.2, -0.15) is 0 Å². The van der Waals surface area contributed by atoms with Gasteiger partial charge in [-0.3, -0.25) is 0 Å². The molecule has 0 aromatic carbocycles. The van der Waals surface area contributed by atoms with Crippen molar-refractivity contribution in [2.75, 3.05) is 26.4 Å². The Bertz CT molecular complexity index is 258. The standard InChI is InChI=1S/C14H24O4/c15-9-13(5-11-7-17-11)1-2-14(10-16,4-3-13)6-12-8-18-12/h11-12,15-16H,1-10H2. The van der Waals surface area contributed by atoms with E-state index in [1.807, 2.05) is 0 Å². The smallest absolute Gasteiger partial charge is 0.0816 e. The van der Waals surface area contributed by atoms with E-state index < -0.39 is 0 Å². The van der Waals surface area contributed by atoms with Crippen LogP contribution in [0, 0.1) is 10.8 Å². The van der Waals surface area contributed by atoms with Crippen LogP contribution in [0.15, 0.2) is 0 Å². The Balaban J connectivity index is 1.59. The lowest BCUT2D eigenvalue weighted by atomic mass is 9.61. The summed E-state index contributed by atoms with van der Waals surface area (Å²) in [6, 6.07) is 0. The van der Waals surface area contributed by atoms with Crippen LogP contribution in [0.2, 0.25) is 0 Å². The van der Waals surface area contributed by atoms with Crippen molar-refractivity contribution in [2.24, 2.45) is 10.8 Å². The fraction of sp³-hybridized carbons (Fsp3) is 1.00. The van der Waals surface area contributed by atoms with Gasteiger partial charge in [0.25, 0.3) is 0 Å². The maximum atomic E-state index is 9.71. The maximum Gasteiger partial charge on any atom is 0.0816 e. The fourth-order valence-electron chi connectivity index (χ4n) is 3.50. The Morgan fingerprint density at radius 2 is 1.11 bits per heavy atom. The first-order valence-electron chi connectivity index (χ1n) is 7.14. The van der Waals surface area contributed by atoms with E-state index >= 15 is 0 Å². The quantitative estimate of drug-likeness (QED) is 0.698. The lowest BCUT2D eigenvalue weighted by Gasteiger charge is -2.45. The summed E-state index contributed by atoms with van der Waals surface area (Å²) < 4.78 is 10.6. The average molecular weight is 256 g/mol. The molecule has 0 amide bonds. The van der Waals surface area contributed by atoms with Crippen LogP contribution in [-0.4, -0.2) is 48.8 Å². The van der Waals surface area contributed by atoms with Gasteiger partial charge in [-0.15, -0.1) is 0 Å². The minimum Gasteiger partial charge on any atom is -0.396 e. The van der Waals surface area contributed by atoms with E-state index in [2.05, 4.69) is 0 Å². The predicted molar refractivity (Wildman–Crippen MR) is 66.2 cm³/mol. The van der Waals surface area contributed by atoms with Crippen LogP contribution in [0.4, 0.5) is 0 Å². The average Bonchev–Trinajstić information content (AvgIpc) is 3.29. The van der Waals surface area contributed by atoms with Crippen molar-refractivity contribution < 1.29 is 19.7 Å². The third kappa shape index (κ3) is 2.72. The minimum atomic E-state index is 0.0459. The first-order valence-corrected chi connectivity index (χ1v) is 7.14. The molecule has 0 spiro atoms. The first kappa shape index (κ1) is 12.9. The second-order valence-electron chi connectivity index (χ2n) is 6.64. The molecule has 3 aliphatic rings. The van der Waals surface area contributed by atoms with Gasteiger partial charge in [-0.1, -0.05) is 0 Å². The molecule has 1 saturated carbocycles. The zero-order valence-electron chi connectivity index (χ0n) is 10.9. The number of epoxide rings is 2. The third-order valence-electron chi connectivity index (χ3n) is 5.17. The molecule has 0 aromatic heterocycles. The molecule has 2 N–H and O–H groups in total. The van der Waals surface area contributed by atoms with E-state index in [4.69, 9.17) is 9.47 Å². The van der Waals surface area contributed by atoms with Gasteiger partial charge < -0.3 is 19.7 Å². The molecule has 2 heterocycles. The summed E-state index contributed by atoms with van der Waals surface area (Å²) in [5, 5.41) is 19.4. The first-order chi connectivity index (χ1) is 8.69. The van der Waals surface area contributed by atoms with Crippen LogP contribution in [0.25, 0.3) is 0 Å². The highest BCUT2D eigenvalue weighted by Crippen LogP contribution is 2.51. The van der Waals surface area contributed by atoms with E-state index in [0.717, 1.165) is 51.7 Å². The van der Waals surface area contributed by atoms with Crippen LogP contribution in [0.1, 0.15) is 38.5 Å². The highest BCUT2D eigenvalue weighted by atomic mass is 16.6. The van der Waals surface area contributed by atoms with Gasteiger partial charge in [-0.25, -0.2) is 0 Å². The lowest BCUT2D eigenvalue weighted by molar-refractivity contribution is -0.0172. The molecule has 2 atom stereocenters. The molecule has 3 fully saturated rings. The van der Waals surface area contributed by atoms with E-state index in [1.165, 1.54) is 0 Å². The molecule has 0 aromatic rings. The largest absolute Gasteiger partial charge is 0.396 e. The molecule has 2 aliphatic heterocycles. The van der Waals surface area contributed by atoms with Crippen LogP contribution in [0.3, 0.4) is 0 Å². The highest BCUT2D eigenvalue weighted by molar-refractivity contribution is 4.97.